The zero-order valence-corrected chi connectivity index (χ0v) is 11.4. The van der Waals surface area contributed by atoms with Crippen LogP contribution in [0.4, 0.5) is 11.4 Å². The molecule has 1 atom stereocenters. The van der Waals surface area contributed by atoms with Gasteiger partial charge in [0.2, 0.25) is 0 Å². The first-order valence-corrected chi connectivity index (χ1v) is 6.86. The van der Waals surface area contributed by atoms with Crippen LogP contribution >= 0.6 is 11.3 Å². The summed E-state index contributed by atoms with van der Waals surface area (Å²) in [7, 11) is 0. The van der Waals surface area contributed by atoms with Gasteiger partial charge >= 0.3 is 0 Å². The van der Waals surface area contributed by atoms with Crippen molar-refractivity contribution in [2.45, 2.75) is 13.0 Å². The Balaban J connectivity index is 2.04. The Hall–Kier alpha value is -1.85. The Bertz CT molecular complexity index is 567. The number of anilines is 2. The van der Waals surface area contributed by atoms with Crippen LogP contribution in [0.3, 0.4) is 0 Å². The maximum absolute atomic E-state index is 11.4. The third kappa shape index (κ3) is 3.33. The Kier molecular flexibility index (Phi) is 4.19. The molecule has 0 saturated carbocycles. The molecule has 1 aromatic heterocycles. The van der Waals surface area contributed by atoms with Crippen molar-refractivity contribution >= 4 is 28.5 Å². The van der Waals surface area contributed by atoms with E-state index in [9.17, 15) is 9.90 Å². The number of thiophene rings is 1. The summed E-state index contributed by atoms with van der Waals surface area (Å²) in [5, 5.41) is 16.9. The van der Waals surface area contributed by atoms with E-state index in [2.05, 4.69) is 5.32 Å². The highest BCUT2D eigenvalue weighted by molar-refractivity contribution is 7.07. The van der Waals surface area contributed by atoms with Crippen molar-refractivity contribution in [3.05, 3.63) is 46.2 Å². The number of nitrogens with one attached hydrogen (secondary N) is 1. The number of aliphatic hydroxyl groups is 1. The fourth-order valence-electron chi connectivity index (χ4n) is 1.77. The van der Waals surface area contributed by atoms with Crippen molar-refractivity contribution in [2.75, 3.05) is 17.6 Å². The number of Topliss-reactive ketones (excluding diaryl/α,β-unsaturated/α-hetero) is 1. The molecule has 0 amide bonds. The summed E-state index contributed by atoms with van der Waals surface area (Å²) in [5.74, 6) is -0.0699. The van der Waals surface area contributed by atoms with E-state index in [1.807, 2.05) is 16.8 Å². The summed E-state index contributed by atoms with van der Waals surface area (Å²) in [6, 6.07) is 7.08. The van der Waals surface area contributed by atoms with Gasteiger partial charge in [0, 0.05) is 23.5 Å². The van der Waals surface area contributed by atoms with Gasteiger partial charge in [0.1, 0.15) is 0 Å². The van der Waals surface area contributed by atoms with Crippen molar-refractivity contribution in [3.8, 4) is 0 Å². The molecule has 4 nitrogen and oxygen atoms in total. The number of ketones is 1. The lowest BCUT2D eigenvalue weighted by Crippen LogP contribution is -2.12. The number of carbonyl (C=O) groups excluding carboxylic acids is 1. The van der Waals surface area contributed by atoms with Gasteiger partial charge in [-0.1, -0.05) is 0 Å². The molecule has 0 fully saturated rings. The predicted molar refractivity (Wildman–Crippen MR) is 78.6 cm³/mol. The SMILES string of the molecule is CC(=O)c1cc(NCC(O)c2ccsc2)ccc1N. The highest BCUT2D eigenvalue weighted by Gasteiger charge is 2.09. The minimum atomic E-state index is -0.565. The summed E-state index contributed by atoms with van der Waals surface area (Å²) in [5.41, 5.74) is 8.35. The van der Waals surface area contributed by atoms with Crippen LogP contribution in [0.1, 0.15) is 28.9 Å². The van der Waals surface area contributed by atoms with E-state index in [0.29, 0.717) is 17.8 Å². The van der Waals surface area contributed by atoms with E-state index in [1.54, 1.807) is 29.5 Å². The molecule has 1 unspecified atom stereocenters. The molecule has 0 aliphatic rings. The fraction of sp³-hybridized carbons (Fsp3) is 0.214. The van der Waals surface area contributed by atoms with Gasteiger partial charge in [-0.15, -0.1) is 0 Å². The minimum Gasteiger partial charge on any atom is -0.398 e. The first-order valence-electron chi connectivity index (χ1n) is 5.92. The van der Waals surface area contributed by atoms with E-state index in [0.717, 1.165) is 11.3 Å². The molecule has 0 spiro atoms. The summed E-state index contributed by atoms with van der Waals surface area (Å²) in [6.45, 7) is 1.87. The van der Waals surface area contributed by atoms with Gasteiger partial charge < -0.3 is 16.2 Å². The van der Waals surface area contributed by atoms with E-state index < -0.39 is 6.10 Å². The highest BCUT2D eigenvalue weighted by Crippen LogP contribution is 2.20. The number of nitrogen functional groups attached to an aromatic ring is 1. The second-order valence-corrected chi connectivity index (χ2v) is 5.09. The molecule has 2 rings (SSSR count). The number of benzene rings is 1. The molecule has 0 aliphatic heterocycles. The van der Waals surface area contributed by atoms with Crippen molar-refractivity contribution < 1.29 is 9.90 Å². The third-order valence-electron chi connectivity index (χ3n) is 2.86. The zero-order chi connectivity index (χ0) is 13.8. The van der Waals surface area contributed by atoms with Gasteiger partial charge in [-0.05, 0) is 47.5 Å². The molecule has 1 heterocycles. The van der Waals surface area contributed by atoms with Crippen LogP contribution in [-0.2, 0) is 0 Å². The number of aliphatic hydroxyl groups excluding tert-OH is 1. The van der Waals surface area contributed by atoms with Gasteiger partial charge in [0.15, 0.2) is 5.78 Å². The van der Waals surface area contributed by atoms with E-state index in [-0.39, 0.29) is 5.78 Å². The van der Waals surface area contributed by atoms with Crippen LogP contribution in [0, 0.1) is 0 Å². The molecule has 4 N–H and O–H groups in total. The van der Waals surface area contributed by atoms with Crippen molar-refractivity contribution in [2.24, 2.45) is 0 Å². The minimum absolute atomic E-state index is 0.0699. The highest BCUT2D eigenvalue weighted by atomic mass is 32.1. The number of hydrogen-bond acceptors (Lipinski definition) is 5. The predicted octanol–water partition coefficient (Wildman–Crippen LogP) is 2.68. The van der Waals surface area contributed by atoms with E-state index >= 15 is 0 Å². The molecule has 0 aliphatic carbocycles. The smallest absolute Gasteiger partial charge is 0.161 e. The zero-order valence-electron chi connectivity index (χ0n) is 10.6. The molecule has 0 bridgehead atoms. The van der Waals surface area contributed by atoms with Crippen LogP contribution in [-0.4, -0.2) is 17.4 Å². The lowest BCUT2D eigenvalue weighted by atomic mass is 10.1. The van der Waals surface area contributed by atoms with E-state index in [1.165, 1.54) is 6.92 Å². The summed E-state index contributed by atoms with van der Waals surface area (Å²) in [6.07, 6.45) is -0.565. The largest absolute Gasteiger partial charge is 0.398 e. The average Bonchev–Trinajstić information content (AvgIpc) is 2.91. The van der Waals surface area contributed by atoms with Crippen molar-refractivity contribution in [1.82, 2.24) is 0 Å². The summed E-state index contributed by atoms with van der Waals surface area (Å²) in [4.78, 5) is 11.4. The van der Waals surface area contributed by atoms with Gasteiger partial charge in [0.05, 0.1) is 6.10 Å². The number of carbonyl (C=O) groups is 1. The van der Waals surface area contributed by atoms with Gasteiger partial charge in [-0.25, -0.2) is 0 Å². The molecular formula is C14H16N2O2S. The lowest BCUT2D eigenvalue weighted by molar-refractivity contribution is 0.101. The molecule has 100 valence electrons. The van der Waals surface area contributed by atoms with Gasteiger partial charge in [0.25, 0.3) is 0 Å². The lowest BCUT2D eigenvalue weighted by Gasteiger charge is -2.13. The molecule has 0 radical (unpaired) electrons. The Morgan fingerprint density at radius 1 is 1.47 bits per heavy atom. The first-order chi connectivity index (χ1) is 9.08. The second-order valence-electron chi connectivity index (χ2n) is 4.31. The standard InChI is InChI=1S/C14H16N2O2S/c1-9(17)12-6-11(2-3-13(12)15)16-7-14(18)10-4-5-19-8-10/h2-6,8,14,16,18H,7,15H2,1H3. The monoisotopic (exact) mass is 276 g/mol. The van der Waals surface area contributed by atoms with Crippen LogP contribution in [0.5, 0.6) is 0 Å². The molecule has 2 aromatic rings. The normalized spacial score (nSPS) is 12.1. The molecule has 0 saturated heterocycles. The van der Waals surface area contributed by atoms with Crippen molar-refractivity contribution in [1.29, 1.82) is 0 Å². The topological polar surface area (TPSA) is 75.3 Å². The van der Waals surface area contributed by atoms with Gasteiger partial charge in [-0.3, -0.25) is 4.79 Å². The molecule has 19 heavy (non-hydrogen) atoms. The van der Waals surface area contributed by atoms with Crippen molar-refractivity contribution in [3.63, 3.8) is 0 Å². The third-order valence-corrected chi connectivity index (χ3v) is 3.56. The first kappa shape index (κ1) is 13.6. The molecule has 1 aromatic carbocycles. The van der Waals surface area contributed by atoms with Gasteiger partial charge in [-0.2, -0.15) is 11.3 Å². The van der Waals surface area contributed by atoms with Crippen LogP contribution < -0.4 is 11.1 Å². The van der Waals surface area contributed by atoms with E-state index in [4.69, 9.17) is 5.73 Å². The summed E-state index contributed by atoms with van der Waals surface area (Å²) < 4.78 is 0. The second kappa shape index (κ2) is 5.86. The average molecular weight is 276 g/mol. The number of rotatable bonds is 5. The fourth-order valence-corrected chi connectivity index (χ4v) is 2.48. The number of hydrogen-bond donors (Lipinski definition) is 3. The Morgan fingerprint density at radius 2 is 2.26 bits per heavy atom. The molecule has 5 heteroatoms. The van der Waals surface area contributed by atoms with Crippen LogP contribution in [0.2, 0.25) is 0 Å². The molecular weight excluding hydrogens is 260 g/mol. The van der Waals surface area contributed by atoms with Crippen LogP contribution in [0.25, 0.3) is 0 Å². The maximum atomic E-state index is 11.4. The Morgan fingerprint density at radius 3 is 2.89 bits per heavy atom. The van der Waals surface area contributed by atoms with Crippen LogP contribution in [0.15, 0.2) is 35.0 Å². The Labute approximate surface area is 115 Å². The number of nitrogens with two attached hydrogens (primary N) is 1. The summed E-state index contributed by atoms with van der Waals surface area (Å²) >= 11 is 1.55. The quantitative estimate of drug-likeness (QED) is 0.580. The maximum Gasteiger partial charge on any atom is 0.161 e.